The van der Waals surface area contributed by atoms with Crippen LogP contribution in [-0.2, 0) is 12.6 Å². The molecule has 0 aromatic heterocycles. The van der Waals surface area contributed by atoms with E-state index < -0.39 is 11.7 Å². The normalized spacial score (nSPS) is 11.2. The lowest BCUT2D eigenvalue weighted by Gasteiger charge is -2.12. The van der Waals surface area contributed by atoms with Gasteiger partial charge in [-0.3, -0.25) is 0 Å². The Morgan fingerprint density at radius 3 is 2.20 bits per heavy atom. The fourth-order valence-electron chi connectivity index (χ4n) is 1.08. The molecule has 15 heavy (non-hydrogen) atoms. The van der Waals surface area contributed by atoms with Crippen LogP contribution < -0.4 is 0 Å². The van der Waals surface area contributed by atoms with Gasteiger partial charge in [-0.1, -0.05) is 0 Å². The number of hydrogen-bond donors (Lipinski definition) is 0. The van der Waals surface area contributed by atoms with Crippen LogP contribution in [0.15, 0.2) is 21.1 Å². The van der Waals surface area contributed by atoms with E-state index in [-0.39, 0.29) is 12.0 Å². The molecule has 1 rings (SSSR count). The molecule has 1 aromatic rings. The molecular formula is C9H4Br2F3N. The summed E-state index contributed by atoms with van der Waals surface area (Å²) in [5, 5.41) is 8.43. The van der Waals surface area contributed by atoms with Crippen molar-refractivity contribution >= 4 is 31.9 Å². The first kappa shape index (κ1) is 12.5. The third-order valence-electron chi connectivity index (χ3n) is 1.72. The molecule has 0 saturated carbocycles. The second-order valence-electron chi connectivity index (χ2n) is 2.76. The topological polar surface area (TPSA) is 23.8 Å². The van der Waals surface area contributed by atoms with Gasteiger partial charge in [-0.25, -0.2) is 0 Å². The largest absolute Gasteiger partial charge is 0.416 e. The van der Waals surface area contributed by atoms with Crippen molar-refractivity contribution in [3.05, 3.63) is 32.2 Å². The number of benzene rings is 1. The molecule has 1 aromatic carbocycles. The highest BCUT2D eigenvalue weighted by atomic mass is 79.9. The van der Waals surface area contributed by atoms with Crippen molar-refractivity contribution in [2.75, 3.05) is 0 Å². The number of halogens is 5. The van der Waals surface area contributed by atoms with E-state index in [1.165, 1.54) is 6.07 Å². The Hall–Kier alpha value is -0.540. The molecule has 0 unspecified atom stereocenters. The maximum Gasteiger partial charge on any atom is 0.416 e. The molecule has 0 spiro atoms. The van der Waals surface area contributed by atoms with Crippen molar-refractivity contribution < 1.29 is 13.2 Å². The second-order valence-corrected chi connectivity index (χ2v) is 4.46. The highest BCUT2D eigenvalue weighted by Crippen LogP contribution is 2.37. The summed E-state index contributed by atoms with van der Waals surface area (Å²) in [7, 11) is 0. The minimum absolute atomic E-state index is 0.0277. The maximum atomic E-state index is 12.5. The van der Waals surface area contributed by atoms with Gasteiger partial charge >= 0.3 is 6.18 Å². The maximum absolute atomic E-state index is 12.5. The van der Waals surface area contributed by atoms with Crippen LogP contribution in [0.3, 0.4) is 0 Å². The Morgan fingerprint density at radius 2 is 1.73 bits per heavy atom. The molecule has 1 nitrogen and oxygen atoms in total. The predicted octanol–water partition coefficient (Wildman–Crippen LogP) is 4.30. The SMILES string of the molecule is N#CCc1cc(Br)c(Br)cc1C(F)(F)F. The first-order valence-corrected chi connectivity index (χ1v) is 5.37. The Balaban J connectivity index is 3.36. The second kappa shape index (κ2) is 4.54. The van der Waals surface area contributed by atoms with E-state index in [1.807, 2.05) is 0 Å². The Bertz CT molecular complexity index is 421. The Morgan fingerprint density at radius 1 is 1.20 bits per heavy atom. The predicted molar refractivity (Wildman–Crippen MR) is 56.2 cm³/mol. The molecule has 80 valence electrons. The van der Waals surface area contributed by atoms with Gasteiger partial charge in [-0.05, 0) is 49.6 Å². The average molecular weight is 343 g/mol. The van der Waals surface area contributed by atoms with E-state index in [0.29, 0.717) is 8.95 Å². The fraction of sp³-hybridized carbons (Fsp3) is 0.222. The summed E-state index contributed by atoms with van der Waals surface area (Å²) in [4.78, 5) is 0. The molecule has 0 fully saturated rings. The number of alkyl halides is 3. The molecular weight excluding hydrogens is 339 g/mol. The summed E-state index contributed by atoms with van der Waals surface area (Å²) in [5.74, 6) is 0. The van der Waals surface area contributed by atoms with Crippen LogP contribution >= 0.6 is 31.9 Å². The first-order valence-electron chi connectivity index (χ1n) is 3.78. The van der Waals surface area contributed by atoms with Crippen LogP contribution in [0.5, 0.6) is 0 Å². The third kappa shape index (κ3) is 2.95. The molecule has 0 amide bonds. The quantitative estimate of drug-likeness (QED) is 0.746. The molecule has 0 N–H and O–H groups in total. The summed E-state index contributed by atoms with van der Waals surface area (Å²) >= 11 is 6.09. The molecule has 0 radical (unpaired) electrons. The van der Waals surface area contributed by atoms with Crippen LogP contribution in [0.25, 0.3) is 0 Å². The van der Waals surface area contributed by atoms with Gasteiger partial charge in [-0.2, -0.15) is 18.4 Å². The molecule has 6 heteroatoms. The van der Waals surface area contributed by atoms with Gasteiger partial charge in [0, 0.05) is 8.95 Å². The van der Waals surface area contributed by atoms with Gasteiger partial charge in [0.1, 0.15) is 0 Å². The average Bonchev–Trinajstić information content (AvgIpc) is 2.09. The van der Waals surface area contributed by atoms with E-state index in [9.17, 15) is 13.2 Å². The van der Waals surface area contributed by atoms with Gasteiger partial charge in [0.2, 0.25) is 0 Å². The summed E-state index contributed by atoms with van der Waals surface area (Å²) in [6.45, 7) is 0. The molecule has 0 saturated heterocycles. The van der Waals surface area contributed by atoms with Crippen molar-refractivity contribution in [2.45, 2.75) is 12.6 Å². The summed E-state index contributed by atoms with van der Waals surface area (Å²) < 4.78 is 38.4. The first-order chi connectivity index (χ1) is 6.86. The number of rotatable bonds is 1. The molecule has 0 atom stereocenters. The van der Waals surface area contributed by atoms with Crippen LogP contribution in [0.4, 0.5) is 13.2 Å². The van der Waals surface area contributed by atoms with Crippen molar-refractivity contribution in [1.29, 1.82) is 5.26 Å². The van der Waals surface area contributed by atoms with E-state index in [2.05, 4.69) is 31.9 Å². The minimum Gasteiger partial charge on any atom is -0.198 e. The highest BCUT2D eigenvalue weighted by Gasteiger charge is 2.33. The lowest BCUT2D eigenvalue weighted by molar-refractivity contribution is -0.138. The summed E-state index contributed by atoms with van der Waals surface area (Å²) in [5.41, 5.74) is -0.806. The van der Waals surface area contributed by atoms with Crippen molar-refractivity contribution in [1.82, 2.24) is 0 Å². The van der Waals surface area contributed by atoms with Gasteiger partial charge < -0.3 is 0 Å². The third-order valence-corrected chi connectivity index (χ3v) is 3.57. The van der Waals surface area contributed by atoms with Crippen molar-refractivity contribution in [2.24, 2.45) is 0 Å². The number of hydrogen-bond acceptors (Lipinski definition) is 1. The van der Waals surface area contributed by atoms with Crippen LogP contribution in [0.2, 0.25) is 0 Å². The van der Waals surface area contributed by atoms with E-state index in [0.717, 1.165) is 6.07 Å². The zero-order valence-electron chi connectivity index (χ0n) is 7.20. The molecule has 0 bridgehead atoms. The monoisotopic (exact) mass is 341 g/mol. The van der Waals surface area contributed by atoms with Gasteiger partial charge in [0.25, 0.3) is 0 Å². The molecule has 0 aliphatic heterocycles. The standard InChI is InChI=1S/C9H4Br2F3N/c10-7-3-5(1-2-15)6(4-8(7)11)9(12,13)14/h3-4H,1H2. The van der Waals surface area contributed by atoms with E-state index in [4.69, 9.17) is 5.26 Å². The summed E-state index contributed by atoms with van der Waals surface area (Å²) in [6.07, 6.45) is -4.70. The van der Waals surface area contributed by atoms with Crippen LogP contribution in [-0.4, -0.2) is 0 Å². The Labute approximate surface area is 101 Å². The summed E-state index contributed by atoms with van der Waals surface area (Å²) in [6, 6.07) is 3.98. The molecule has 0 heterocycles. The smallest absolute Gasteiger partial charge is 0.198 e. The van der Waals surface area contributed by atoms with Crippen molar-refractivity contribution in [3.63, 3.8) is 0 Å². The van der Waals surface area contributed by atoms with E-state index in [1.54, 1.807) is 6.07 Å². The number of nitriles is 1. The van der Waals surface area contributed by atoms with Crippen LogP contribution in [0, 0.1) is 11.3 Å². The molecule has 0 aliphatic rings. The highest BCUT2D eigenvalue weighted by molar-refractivity contribution is 9.13. The zero-order valence-corrected chi connectivity index (χ0v) is 10.4. The Kier molecular flexibility index (Phi) is 3.79. The fourth-order valence-corrected chi connectivity index (χ4v) is 1.82. The lowest BCUT2D eigenvalue weighted by Crippen LogP contribution is -2.09. The van der Waals surface area contributed by atoms with Crippen molar-refractivity contribution in [3.8, 4) is 6.07 Å². The zero-order chi connectivity index (χ0) is 11.6. The number of nitrogens with zero attached hydrogens (tertiary/aromatic N) is 1. The lowest BCUT2D eigenvalue weighted by atomic mass is 10.1. The minimum atomic E-state index is -4.44. The van der Waals surface area contributed by atoms with Gasteiger partial charge in [0.05, 0.1) is 18.1 Å². The molecule has 0 aliphatic carbocycles. The van der Waals surface area contributed by atoms with Crippen LogP contribution in [0.1, 0.15) is 11.1 Å². The van der Waals surface area contributed by atoms with E-state index >= 15 is 0 Å². The van der Waals surface area contributed by atoms with Gasteiger partial charge in [-0.15, -0.1) is 0 Å². The van der Waals surface area contributed by atoms with Gasteiger partial charge in [0.15, 0.2) is 0 Å².